The average Bonchev–Trinajstić information content (AvgIpc) is 3.07. The predicted octanol–water partition coefficient (Wildman–Crippen LogP) is 3.39. The summed E-state index contributed by atoms with van der Waals surface area (Å²) in [5.74, 6) is 0.309. The number of para-hydroxylation sites is 1. The summed E-state index contributed by atoms with van der Waals surface area (Å²) >= 11 is 0. The van der Waals surface area contributed by atoms with Crippen molar-refractivity contribution in [2.45, 2.75) is 20.3 Å². The van der Waals surface area contributed by atoms with Crippen LogP contribution >= 0.6 is 0 Å². The van der Waals surface area contributed by atoms with E-state index in [1.54, 1.807) is 26.2 Å². The molecule has 0 aliphatic rings. The van der Waals surface area contributed by atoms with Gasteiger partial charge in [-0.2, -0.15) is 5.10 Å². The molecule has 3 aromatic rings. The second kappa shape index (κ2) is 9.55. The van der Waals surface area contributed by atoms with Crippen LogP contribution in [-0.2, 0) is 11.2 Å². The average molecular weight is 437 g/mol. The normalized spacial score (nSPS) is 10.6. The summed E-state index contributed by atoms with van der Waals surface area (Å²) in [5.41, 5.74) is 4.11. The molecule has 0 spiro atoms. The standard InChI is InChI=1S/C24H28N4O4/c1-15-18(16(2)28(26-15)17-10-8-7-9-11-17)13-23(29)25-20-14-22(32-6)21(31-5)12-19(20)24(30)27(3)4/h7-12,14H,13H2,1-6H3,(H,25,29). The van der Waals surface area contributed by atoms with Crippen molar-refractivity contribution < 1.29 is 19.1 Å². The molecule has 8 heteroatoms. The van der Waals surface area contributed by atoms with Crippen LogP contribution in [0.1, 0.15) is 27.3 Å². The number of amides is 2. The van der Waals surface area contributed by atoms with Crippen LogP contribution in [0.4, 0.5) is 5.69 Å². The molecule has 0 bridgehead atoms. The van der Waals surface area contributed by atoms with Gasteiger partial charge in [0.15, 0.2) is 11.5 Å². The highest BCUT2D eigenvalue weighted by Gasteiger charge is 2.21. The highest BCUT2D eigenvalue weighted by atomic mass is 16.5. The lowest BCUT2D eigenvalue weighted by atomic mass is 10.1. The molecule has 1 aromatic heterocycles. The summed E-state index contributed by atoms with van der Waals surface area (Å²) in [5, 5.41) is 7.46. The molecule has 2 aromatic carbocycles. The molecule has 0 aliphatic heterocycles. The van der Waals surface area contributed by atoms with Gasteiger partial charge in [0.25, 0.3) is 5.91 Å². The number of rotatable bonds is 7. The molecule has 0 saturated heterocycles. The number of benzene rings is 2. The fourth-order valence-electron chi connectivity index (χ4n) is 3.51. The van der Waals surface area contributed by atoms with E-state index in [9.17, 15) is 9.59 Å². The van der Waals surface area contributed by atoms with Crippen LogP contribution in [0.2, 0.25) is 0 Å². The van der Waals surface area contributed by atoms with Crippen molar-refractivity contribution in [2.75, 3.05) is 33.6 Å². The molecule has 0 radical (unpaired) electrons. The number of hydrogen-bond acceptors (Lipinski definition) is 5. The molecule has 2 amide bonds. The molecule has 0 fully saturated rings. The van der Waals surface area contributed by atoms with E-state index in [2.05, 4.69) is 10.4 Å². The Morgan fingerprint density at radius 2 is 1.66 bits per heavy atom. The van der Waals surface area contributed by atoms with E-state index in [4.69, 9.17) is 9.47 Å². The number of hydrogen-bond donors (Lipinski definition) is 1. The first-order valence-corrected chi connectivity index (χ1v) is 10.1. The maximum atomic E-state index is 13.0. The lowest BCUT2D eigenvalue weighted by Gasteiger charge is -2.18. The van der Waals surface area contributed by atoms with E-state index in [0.717, 1.165) is 22.6 Å². The Bertz CT molecular complexity index is 1140. The molecule has 168 valence electrons. The zero-order valence-corrected chi connectivity index (χ0v) is 19.2. The summed E-state index contributed by atoms with van der Waals surface area (Å²) < 4.78 is 12.5. The van der Waals surface area contributed by atoms with E-state index < -0.39 is 0 Å². The van der Waals surface area contributed by atoms with Crippen molar-refractivity contribution in [2.24, 2.45) is 0 Å². The minimum Gasteiger partial charge on any atom is -0.493 e. The molecule has 3 rings (SSSR count). The van der Waals surface area contributed by atoms with Crippen LogP contribution in [0.25, 0.3) is 5.69 Å². The van der Waals surface area contributed by atoms with Gasteiger partial charge in [0, 0.05) is 31.4 Å². The van der Waals surface area contributed by atoms with E-state index in [0.29, 0.717) is 22.7 Å². The van der Waals surface area contributed by atoms with Gasteiger partial charge in [0.1, 0.15) is 0 Å². The van der Waals surface area contributed by atoms with Crippen LogP contribution in [0.3, 0.4) is 0 Å². The monoisotopic (exact) mass is 436 g/mol. The van der Waals surface area contributed by atoms with Gasteiger partial charge in [-0.1, -0.05) is 18.2 Å². The van der Waals surface area contributed by atoms with Gasteiger partial charge in [0.2, 0.25) is 5.91 Å². The van der Waals surface area contributed by atoms with Crippen LogP contribution in [0, 0.1) is 13.8 Å². The summed E-state index contributed by atoms with van der Waals surface area (Å²) in [6, 6.07) is 12.9. The summed E-state index contributed by atoms with van der Waals surface area (Å²) in [4.78, 5) is 27.1. The van der Waals surface area contributed by atoms with Crippen molar-refractivity contribution >= 4 is 17.5 Å². The molecule has 0 aliphatic carbocycles. The summed E-state index contributed by atoms with van der Waals surface area (Å²) in [6.45, 7) is 3.82. The predicted molar refractivity (Wildman–Crippen MR) is 123 cm³/mol. The van der Waals surface area contributed by atoms with Crippen LogP contribution < -0.4 is 14.8 Å². The highest BCUT2D eigenvalue weighted by Crippen LogP contribution is 2.34. The van der Waals surface area contributed by atoms with E-state index in [1.807, 2.05) is 48.9 Å². The van der Waals surface area contributed by atoms with Crippen LogP contribution in [0.15, 0.2) is 42.5 Å². The van der Waals surface area contributed by atoms with E-state index >= 15 is 0 Å². The number of nitrogens with zero attached hydrogens (tertiary/aromatic N) is 3. The number of aryl methyl sites for hydroxylation is 1. The number of carbonyl (C=O) groups is 2. The van der Waals surface area contributed by atoms with E-state index in [-0.39, 0.29) is 18.2 Å². The third-order valence-corrected chi connectivity index (χ3v) is 5.21. The Morgan fingerprint density at radius 3 is 2.25 bits per heavy atom. The maximum absolute atomic E-state index is 13.0. The first-order valence-electron chi connectivity index (χ1n) is 10.1. The Morgan fingerprint density at radius 1 is 1.03 bits per heavy atom. The Kier molecular flexibility index (Phi) is 6.82. The molecular weight excluding hydrogens is 408 g/mol. The minimum atomic E-state index is -0.260. The Labute approximate surface area is 187 Å². The van der Waals surface area contributed by atoms with Crippen molar-refractivity contribution in [1.82, 2.24) is 14.7 Å². The van der Waals surface area contributed by atoms with Gasteiger partial charge in [-0.25, -0.2) is 4.68 Å². The maximum Gasteiger partial charge on any atom is 0.255 e. The molecule has 1 N–H and O–H groups in total. The molecular formula is C24H28N4O4. The lowest BCUT2D eigenvalue weighted by Crippen LogP contribution is -2.24. The lowest BCUT2D eigenvalue weighted by molar-refractivity contribution is -0.115. The quantitative estimate of drug-likeness (QED) is 0.614. The van der Waals surface area contributed by atoms with Gasteiger partial charge in [-0.15, -0.1) is 0 Å². The van der Waals surface area contributed by atoms with Crippen LogP contribution in [0.5, 0.6) is 11.5 Å². The fraction of sp³-hybridized carbons (Fsp3) is 0.292. The number of ether oxygens (including phenoxy) is 2. The molecule has 0 unspecified atom stereocenters. The summed E-state index contributed by atoms with van der Waals surface area (Å²) in [7, 11) is 6.29. The number of methoxy groups -OCH3 is 2. The third kappa shape index (κ3) is 4.59. The first kappa shape index (κ1) is 22.9. The molecule has 32 heavy (non-hydrogen) atoms. The SMILES string of the molecule is COc1cc(NC(=O)Cc2c(C)nn(-c3ccccc3)c2C)c(C(=O)N(C)C)cc1OC. The first-order chi connectivity index (χ1) is 15.3. The van der Waals surface area contributed by atoms with Gasteiger partial charge in [-0.3, -0.25) is 9.59 Å². The highest BCUT2D eigenvalue weighted by molar-refractivity contribution is 6.04. The van der Waals surface area contributed by atoms with Crippen molar-refractivity contribution in [3.63, 3.8) is 0 Å². The smallest absolute Gasteiger partial charge is 0.255 e. The van der Waals surface area contributed by atoms with Gasteiger partial charge >= 0.3 is 0 Å². The van der Waals surface area contributed by atoms with Crippen molar-refractivity contribution in [3.05, 3.63) is 65.0 Å². The number of carbonyl (C=O) groups excluding carboxylic acids is 2. The van der Waals surface area contributed by atoms with Gasteiger partial charge < -0.3 is 19.7 Å². The Hall–Kier alpha value is -3.81. The number of anilines is 1. The second-order valence-electron chi connectivity index (χ2n) is 7.57. The zero-order valence-electron chi connectivity index (χ0n) is 19.2. The van der Waals surface area contributed by atoms with Crippen molar-refractivity contribution in [1.29, 1.82) is 0 Å². The third-order valence-electron chi connectivity index (χ3n) is 5.21. The topological polar surface area (TPSA) is 85.7 Å². The number of aromatic nitrogens is 2. The Balaban J connectivity index is 1.91. The number of nitrogens with one attached hydrogen (secondary N) is 1. The minimum absolute atomic E-state index is 0.119. The summed E-state index contributed by atoms with van der Waals surface area (Å²) in [6.07, 6.45) is 0.119. The zero-order chi connectivity index (χ0) is 23.4. The van der Waals surface area contributed by atoms with Crippen molar-refractivity contribution in [3.8, 4) is 17.2 Å². The van der Waals surface area contributed by atoms with Gasteiger partial charge in [-0.05, 0) is 32.0 Å². The molecule has 0 saturated carbocycles. The molecule has 8 nitrogen and oxygen atoms in total. The molecule has 0 atom stereocenters. The second-order valence-corrected chi connectivity index (χ2v) is 7.57. The van der Waals surface area contributed by atoms with Crippen LogP contribution in [-0.4, -0.2) is 54.8 Å². The fourth-order valence-corrected chi connectivity index (χ4v) is 3.51. The van der Waals surface area contributed by atoms with E-state index in [1.165, 1.54) is 19.1 Å². The molecule has 1 heterocycles. The largest absolute Gasteiger partial charge is 0.493 e. The van der Waals surface area contributed by atoms with Gasteiger partial charge in [0.05, 0.1) is 43.3 Å².